The van der Waals surface area contributed by atoms with Crippen molar-refractivity contribution in [3.8, 4) is 5.75 Å². The molecule has 0 aliphatic heterocycles. The van der Waals surface area contributed by atoms with Gasteiger partial charge in [0.05, 0.1) is 7.11 Å². The van der Waals surface area contributed by atoms with E-state index in [0.29, 0.717) is 0 Å². The smallest absolute Gasteiger partial charge is 0.123 e. The summed E-state index contributed by atoms with van der Waals surface area (Å²) in [6.45, 7) is 0. The van der Waals surface area contributed by atoms with Crippen LogP contribution in [0.4, 0.5) is 0 Å². The van der Waals surface area contributed by atoms with Gasteiger partial charge in [0.25, 0.3) is 0 Å². The number of nitrogens with one attached hydrogen (secondary N) is 1. The summed E-state index contributed by atoms with van der Waals surface area (Å²) < 4.78 is 5.12. The summed E-state index contributed by atoms with van der Waals surface area (Å²) in [5.74, 6) is 0.922. The van der Waals surface area contributed by atoms with E-state index in [1.165, 1.54) is 0 Å². The van der Waals surface area contributed by atoms with E-state index in [1.807, 2.05) is 48.5 Å². The molecule has 0 aliphatic carbocycles. The number of hydrogen-bond acceptors (Lipinski definition) is 3. The van der Waals surface area contributed by atoms with Crippen LogP contribution < -0.4 is 10.5 Å². The summed E-state index contributed by atoms with van der Waals surface area (Å²) in [6, 6.07) is 15.4. The Bertz CT molecular complexity index is 552. The highest BCUT2D eigenvalue weighted by atomic mass is 32.2. The van der Waals surface area contributed by atoms with Crippen molar-refractivity contribution in [1.82, 2.24) is 0 Å². The van der Waals surface area contributed by atoms with Gasteiger partial charge < -0.3 is 10.5 Å². The highest BCUT2D eigenvalue weighted by molar-refractivity contribution is 7.99. The van der Waals surface area contributed by atoms with E-state index in [2.05, 4.69) is 0 Å². The number of nitrogens with two attached hydrogens (primary N) is 1. The van der Waals surface area contributed by atoms with Gasteiger partial charge in [-0.1, -0.05) is 30.0 Å². The molecular weight excluding hydrogens is 244 g/mol. The number of rotatable bonds is 4. The minimum atomic E-state index is 0.0895. The lowest BCUT2D eigenvalue weighted by Crippen LogP contribution is -2.11. The monoisotopic (exact) mass is 258 g/mol. The van der Waals surface area contributed by atoms with Crippen LogP contribution in [0.2, 0.25) is 0 Å². The topological polar surface area (TPSA) is 59.1 Å². The van der Waals surface area contributed by atoms with Crippen LogP contribution in [0.25, 0.3) is 0 Å². The van der Waals surface area contributed by atoms with Crippen LogP contribution in [-0.2, 0) is 0 Å². The van der Waals surface area contributed by atoms with Gasteiger partial charge in [0, 0.05) is 15.4 Å². The largest absolute Gasteiger partial charge is 0.497 e. The predicted molar refractivity (Wildman–Crippen MR) is 74.6 cm³/mol. The fraction of sp³-hybridized carbons (Fsp3) is 0.0714. The lowest BCUT2D eigenvalue weighted by atomic mass is 10.2. The van der Waals surface area contributed by atoms with Crippen molar-refractivity contribution in [3.63, 3.8) is 0 Å². The molecule has 2 aromatic rings. The summed E-state index contributed by atoms with van der Waals surface area (Å²) in [4.78, 5) is 2.07. The van der Waals surface area contributed by atoms with Crippen LogP contribution in [0.1, 0.15) is 5.56 Å². The van der Waals surface area contributed by atoms with Crippen molar-refractivity contribution in [2.24, 2.45) is 5.73 Å². The minimum Gasteiger partial charge on any atom is -0.497 e. The summed E-state index contributed by atoms with van der Waals surface area (Å²) in [7, 11) is 1.65. The van der Waals surface area contributed by atoms with Gasteiger partial charge in [0.15, 0.2) is 0 Å². The number of nitrogen functional groups attached to an aromatic ring is 1. The quantitative estimate of drug-likeness (QED) is 0.654. The lowest BCUT2D eigenvalue weighted by Gasteiger charge is -2.08. The fourth-order valence-electron chi connectivity index (χ4n) is 1.55. The number of amidine groups is 1. The maximum absolute atomic E-state index is 7.55. The summed E-state index contributed by atoms with van der Waals surface area (Å²) in [5.41, 5.74) is 6.33. The molecule has 0 saturated carbocycles. The Kier molecular flexibility index (Phi) is 3.89. The van der Waals surface area contributed by atoms with Gasteiger partial charge in [0.1, 0.15) is 11.6 Å². The molecule has 0 aromatic heterocycles. The zero-order valence-corrected chi connectivity index (χ0v) is 10.8. The Hall–Kier alpha value is -1.94. The molecular formula is C14H14N2OS. The Balaban J connectivity index is 2.25. The molecule has 3 N–H and O–H groups in total. The van der Waals surface area contributed by atoms with Crippen LogP contribution >= 0.6 is 11.8 Å². The van der Waals surface area contributed by atoms with E-state index in [-0.39, 0.29) is 5.84 Å². The molecule has 3 nitrogen and oxygen atoms in total. The van der Waals surface area contributed by atoms with Crippen molar-refractivity contribution in [1.29, 1.82) is 5.41 Å². The molecule has 0 bridgehead atoms. The third-order valence-corrected chi connectivity index (χ3v) is 3.55. The summed E-state index contributed by atoms with van der Waals surface area (Å²) in [6.07, 6.45) is 0. The molecule has 0 atom stereocenters. The van der Waals surface area contributed by atoms with E-state index in [4.69, 9.17) is 15.9 Å². The van der Waals surface area contributed by atoms with Gasteiger partial charge in [0.2, 0.25) is 0 Å². The Morgan fingerprint density at radius 2 is 1.78 bits per heavy atom. The van der Waals surface area contributed by atoms with E-state index >= 15 is 0 Å². The van der Waals surface area contributed by atoms with Crippen LogP contribution in [0.5, 0.6) is 5.75 Å². The van der Waals surface area contributed by atoms with E-state index in [0.717, 1.165) is 21.1 Å². The number of benzene rings is 2. The highest BCUT2D eigenvalue weighted by Crippen LogP contribution is 2.31. The van der Waals surface area contributed by atoms with Crippen molar-refractivity contribution in [3.05, 3.63) is 54.1 Å². The van der Waals surface area contributed by atoms with Crippen molar-refractivity contribution in [2.45, 2.75) is 9.79 Å². The second-order valence-electron chi connectivity index (χ2n) is 3.69. The van der Waals surface area contributed by atoms with Crippen LogP contribution in [0.3, 0.4) is 0 Å². The molecule has 2 aromatic carbocycles. The van der Waals surface area contributed by atoms with Crippen LogP contribution in [-0.4, -0.2) is 12.9 Å². The van der Waals surface area contributed by atoms with Crippen molar-refractivity contribution in [2.75, 3.05) is 7.11 Å². The zero-order chi connectivity index (χ0) is 13.0. The van der Waals surface area contributed by atoms with Gasteiger partial charge in [-0.3, -0.25) is 5.41 Å². The van der Waals surface area contributed by atoms with Crippen molar-refractivity contribution < 1.29 is 4.74 Å². The van der Waals surface area contributed by atoms with Crippen LogP contribution in [0, 0.1) is 5.41 Å². The first kappa shape index (κ1) is 12.5. The van der Waals surface area contributed by atoms with Gasteiger partial charge in [-0.25, -0.2) is 0 Å². The van der Waals surface area contributed by atoms with Gasteiger partial charge in [-0.15, -0.1) is 0 Å². The Labute approximate surface area is 110 Å². The minimum absolute atomic E-state index is 0.0895. The molecule has 18 heavy (non-hydrogen) atoms. The third kappa shape index (κ3) is 2.84. The van der Waals surface area contributed by atoms with E-state index < -0.39 is 0 Å². The number of hydrogen-bond donors (Lipinski definition) is 2. The molecule has 0 aliphatic rings. The molecule has 2 rings (SSSR count). The fourth-order valence-corrected chi connectivity index (χ4v) is 2.51. The Morgan fingerprint density at radius 1 is 1.11 bits per heavy atom. The van der Waals surface area contributed by atoms with E-state index in [9.17, 15) is 0 Å². The van der Waals surface area contributed by atoms with Crippen molar-refractivity contribution >= 4 is 17.6 Å². The molecule has 0 unspecified atom stereocenters. The normalized spacial score (nSPS) is 10.1. The molecule has 0 spiro atoms. The number of ether oxygens (including phenoxy) is 1. The summed E-state index contributed by atoms with van der Waals surface area (Å²) >= 11 is 1.59. The SMILES string of the molecule is COc1ccc(Sc2ccccc2C(=N)N)cc1. The molecule has 4 heteroatoms. The molecule has 0 radical (unpaired) electrons. The highest BCUT2D eigenvalue weighted by Gasteiger charge is 2.06. The van der Waals surface area contributed by atoms with E-state index in [1.54, 1.807) is 18.9 Å². The number of methoxy groups -OCH3 is 1. The second-order valence-corrected chi connectivity index (χ2v) is 4.80. The Morgan fingerprint density at radius 3 is 2.39 bits per heavy atom. The maximum atomic E-state index is 7.55. The summed E-state index contributed by atoms with van der Waals surface area (Å²) in [5, 5.41) is 7.55. The molecule has 0 fully saturated rings. The molecule has 0 saturated heterocycles. The third-order valence-electron chi connectivity index (χ3n) is 2.46. The average molecular weight is 258 g/mol. The van der Waals surface area contributed by atoms with Crippen LogP contribution in [0.15, 0.2) is 58.3 Å². The standard InChI is InChI=1S/C14H14N2OS/c1-17-10-6-8-11(9-7-10)18-13-5-3-2-4-12(13)14(15)16/h2-9H,1H3,(H3,15,16). The molecule has 0 amide bonds. The molecule has 0 heterocycles. The van der Waals surface area contributed by atoms with Gasteiger partial charge in [-0.05, 0) is 30.3 Å². The predicted octanol–water partition coefficient (Wildman–Crippen LogP) is 3.13. The first-order chi connectivity index (χ1) is 8.70. The van der Waals surface area contributed by atoms with Gasteiger partial charge >= 0.3 is 0 Å². The molecule has 92 valence electrons. The average Bonchev–Trinajstić information content (AvgIpc) is 2.40. The zero-order valence-electron chi connectivity index (χ0n) is 10.0. The van der Waals surface area contributed by atoms with Gasteiger partial charge in [-0.2, -0.15) is 0 Å². The second kappa shape index (κ2) is 5.60. The first-order valence-electron chi connectivity index (χ1n) is 5.46. The lowest BCUT2D eigenvalue weighted by molar-refractivity contribution is 0.414. The first-order valence-corrected chi connectivity index (χ1v) is 6.27. The maximum Gasteiger partial charge on any atom is 0.123 e.